The van der Waals surface area contributed by atoms with Gasteiger partial charge in [-0.3, -0.25) is 9.79 Å². The van der Waals surface area contributed by atoms with Gasteiger partial charge in [0, 0.05) is 30.2 Å². The summed E-state index contributed by atoms with van der Waals surface area (Å²) in [5.74, 6) is 1.69. The molecule has 1 aliphatic heterocycles. The van der Waals surface area contributed by atoms with Gasteiger partial charge in [-0.1, -0.05) is 38.5 Å². The fraction of sp³-hybridized carbons (Fsp3) is 0.682. The summed E-state index contributed by atoms with van der Waals surface area (Å²) in [5, 5.41) is 1.30. The lowest BCUT2D eigenvalue weighted by Crippen LogP contribution is -2.28. The Balaban J connectivity index is 1.57. The first-order valence-corrected chi connectivity index (χ1v) is 11.2. The third-order valence-corrected chi connectivity index (χ3v) is 7.24. The van der Waals surface area contributed by atoms with Crippen LogP contribution in [0.25, 0.3) is 0 Å². The Bertz CT molecular complexity index is 679. The first-order valence-electron chi connectivity index (χ1n) is 10.3. The first kappa shape index (κ1) is 20.4. The number of aliphatic imine (C=N–C) groups is 1. The van der Waals surface area contributed by atoms with E-state index in [2.05, 4.69) is 24.9 Å². The molecule has 3 rings (SSSR count). The molecule has 5 heteroatoms. The fourth-order valence-electron chi connectivity index (χ4n) is 4.14. The van der Waals surface area contributed by atoms with Gasteiger partial charge in [-0.2, -0.15) is 0 Å². The fourth-order valence-corrected chi connectivity index (χ4v) is 5.24. The van der Waals surface area contributed by atoms with Crippen molar-refractivity contribution in [3.8, 4) is 0 Å². The van der Waals surface area contributed by atoms with Crippen molar-refractivity contribution in [3.05, 3.63) is 23.3 Å². The van der Waals surface area contributed by atoms with E-state index in [0.29, 0.717) is 30.3 Å². The summed E-state index contributed by atoms with van der Waals surface area (Å²) in [6, 6.07) is 0. The minimum Gasteiger partial charge on any atom is -0.451 e. The summed E-state index contributed by atoms with van der Waals surface area (Å²) in [6.45, 7) is 7.39. The van der Waals surface area contributed by atoms with Gasteiger partial charge in [-0.05, 0) is 43.9 Å². The zero-order valence-corrected chi connectivity index (χ0v) is 17.5. The Kier molecular flexibility index (Phi) is 6.96. The maximum absolute atomic E-state index is 12.5. The lowest BCUT2D eigenvalue weighted by molar-refractivity contribution is -0.151. The predicted octanol–water partition coefficient (Wildman–Crippen LogP) is 4.74. The second kappa shape index (κ2) is 9.22. The number of carbonyl (C=O) groups is 2. The molecule has 148 valence electrons. The average Bonchev–Trinajstić information content (AvgIpc) is 2.98. The van der Waals surface area contributed by atoms with Crippen LogP contribution >= 0.6 is 11.8 Å². The van der Waals surface area contributed by atoms with Gasteiger partial charge in [-0.15, -0.1) is 11.8 Å². The van der Waals surface area contributed by atoms with Crippen molar-refractivity contribution < 1.29 is 14.3 Å². The number of Topliss-reactive ketones (excluding diaryl/α,β-unsaturated/α-hetero) is 1. The molecular weight excluding hydrogens is 358 g/mol. The summed E-state index contributed by atoms with van der Waals surface area (Å²) in [5.41, 5.74) is 2.08. The zero-order chi connectivity index (χ0) is 19.4. The molecular formula is C22H31NO3S. The van der Waals surface area contributed by atoms with Crippen molar-refractivity contribution in [2.45, 2.75) is 65.4 Å². The molecule has 0 saturated heterocycles. The molecule has 4 nitrogen and oxygen atoms in total. The summed E-state index contributed by atoms with van der Waals surface area (Å²) in [6.07, 6.45) is 9.09. The molecule has 0 bridgehead atoms. The summed E-state index contributed by atoms with van der Waals surface area (Å²) in [4.78, 5) is 29.0. The molecule has 0 radical (unpaired) electrons. The van der Waals surface area contributed by atoms with Crippen LogP contribution in [0.3, 0.4) is 0 Å². The maximum atomic E-state index is 12.5. The van der Waals surface area contributed by atoms with Crippen molar-refractivity contribution in [1.82, 2.24) is 0 Å². The summed E-state index contributed by atoms with van der Waals surface area (Å²) < 4.78 is 5.54. The topological polar surface area (TPSA) is 55.7 Å². The molecule has 0 aromatic rings. The van der Waals surface area contributed by atoms with Crippen molar-refractivity contribution in [2.24, 2.45) is 22.7 Å². The smallest absolute Gasteiger partial charge is 0.334 e. The van der Waals surface area contributed by atoms with Crippen LogP contribution in [-0.2, 0) is 14.3 Å². The third-order valence-electron chi connectivity index (χ3n) is 5.90. The normalized spacial score (nSPS) is 29.7. The van der Waals surface area contributed by atoms with E-state index in [4.69, 9.17) is 4.74 Å². The maximum Gasteiger partial charge on any atom is 0.334 e. The highest BCUT2D eigenvalue weighted by molar-refractivity contribution is 8.13. The van der Waals surface area contributed by atoms with E-state index in [0.717, 1.165) is 25.1 Å². The van der Waals surface area contributed by atoms with Gasteiger partial charge in [0.1, 0.15) is 0 Å². The van der Waals surface area contributed by atoms with Gasteiger partial charge in [-0.25, -0.2) is 4.79 Å². The van der Waals surface area contributed by atoms with Gasteiger partial charge in [0.05, 0.1) is 5.04 Å². The minimum atomic E-state index is -0.550. The second-order valence-corrected chi connectivity index (χ2v) is 9.31. The molecule has 27 heavy (non-hydrogen) atoms. The average molecular weight is 390 g/mol. The Hall–Kier alpha value is -1.36. The van der Waals surface area contributed by atoms with Crippen LogP contribution in [0.1, 0.15) is 59.3 Å². The first-order chi connectivity index (χ1) is 13.0. The molecule has 2 aliphatic carbocycles. The number of hydrogen-bond acceptors (Lipinski definition) is 5. The van der Waals surface area contributed by atoms with E-state index in [1.165, 1.54) is 23.5 Å². The van der Waals surface area contributed by atoms with Crippen molar-refractivity contribution in [3.63, 3.8) is 0 Å². The molecule has 0 aromatic heterocycles. The van der Waals surface area contributed by atoms with Crippen LogP contribution < -0.4 is 0 Å². The highest BCUT2D eigenvalue weighted by atomic mass is 32.2. The van der Waals surface area contributed by atoms with E-state index >= 15 is 0 Å². The lowest BCUT2D eigenvalue weighted by atomic mass is 9.83. The van der Waals surface area contributed by atoms with Gasteiger partial charge >= 0.3 is 5.97 Å². The van der Waals surface area contributed by atoms with Crippen LogP contribution in [0.5, 0.6) is 0 Å². The standard InChI is InChI=1S/C22H31NO3S/c1-14-7-10-19(24)21(14)26-22(25)17-8-9-18(15(2)12-17)16(3)13-27-20-6-4-5-11-23-20/h8-9,14-16,21H,4-7,10-13H2,1-3H3. The van der Waals surface area contributed by atoms with Gasteiger partial charge in [0.25, 0.3) is 0 Å². The lowest BCUT2D eigenvalue weighted by Gasteiger charge is -2.26. The van der Waals surface area contributed by atoms with Crippen molar-refractivity contribution in [1.29, 1.82) is 0 Å². The van der Waals surface area contributed by atoms with E-state index in [1.807, 2.05) is 24.8 Å². The van der Waals surface area contributed by atoms with Crippen LogP contribution in [0.4, 0.5) is 0 Å². The van der Waals surface area contributed by atoms with E-state index in [9.17, 15) is 9.59 Å². The molecule has 0 aromatic carbocycles. The van der Waals surface area contributed by atoms with Crippen LogP contribution in [-0.4, -0.2) is 35.2 Å². The SMILES string of the molecule is CC(CSC1=NCCCC1)C1=CC=C(C(=O)OC2C(=O)CCC2C)CC1C. The predicted molar refractivity (Wildman–Crippen MR) is 111 cm³/mol. The largest absolute Gasteiger partial charge is 0.451 e. The number of allylic oxidation sites excluding steroid dienone is 3. The van der Waals surface area contributed by atoms with Crippen LogP contribution in [0.15, 0.2) is 28.3 Å². The van der Waals surface area contributed by atoms with Crippen molar-refractivity contribution >= 4 is 28.6 Å². The van der Waals surface area contributed by atoms with Crippen LogP contribution in [0.2, 0.25) is 0 Å². The number of ketones is 1. The molecule has 3 aliphatic rings. The molecule has 0 spiro atoms. The quantitative estimate of drug-likeness (QED) is 0.637. The number of nitrogens with zero attached hydrogens (tertiary/aromatic N) is 1. The van der Waals surface area contributed by atoms with E-state index < -0.39 is 6.10 Å². The summed E-state index contributed by atoms with van der Waals surface area (Å²) in [7, 11) is 0. The summed E-state index contributed by atoms with van der Waals surface area (Å²) >= 11 is 1.89. The highest BCUT2D eigenvalue weighted by Crippen LogP contribution is 2.34. The third kappa shape index (κ3) is 5.13. The highest BCUT2D eigenvalue weighted by Gasteiger charge is 2.35. The monoisotopic (exact) mass is 389 g/mol. The molecule has 4 unspecified atom stereocenters. The Labute approximate surface area is 166 Å². The van der Waals surface area contributed by atoms with Crippen LogP contribution in [0, 0.1) is 17.8 Å². The van der Waals surface area contributed by atoms with Gasteiger partial charge < -0.3 is 4.74 Å². The number of esters is 1. The number of ether oxygens (including phenoxy) is 1. The number of thioether (sulfide) groups is 1. The molecule has 1 heterocycles. The van der Waals surface area contributed by atoms with Crippen molar-refractivity contribution in [2.75, 3.05) is 12.3 Å². The second-order valence-electron chi connectivity index (χ2n) is 8.22. The molecule has 4 atom stereocenters. The Morgan fingerprint density at radius 2 is 2.11 bits per heavy atom. The molecule has 0 N–H and O–H groups in total. The molecule has 0 amide bonds. The van der Waals surface area contributed by atoms with Gasteiger partial charge in [0.2, 0.25) is 0 Å². The molecule has 1 fully saturated rings. The number of rotatable bonds is 5. The Morgan fingerprint density at radius 1 is 1.30 bits per heavy atom. The number of hydrogen-bond donors (Lipinski definition) is 0. The zero-order valence-electron chi connectivity index (χ0n) is 16.7. The number of carbonyl (C=O) groups excluding carboxylic acids is 2. The molecule has 1 saturated carbocycles. The Morgan fingerprint density at radius 3 is 2.74 bits per heavy atom. The minimum absolute atomic E-state index is 0.0628. The van der Waals surface area contributed by atoms with Gasteiger partial charge in [0.15, 0.2) is 11.9 Å². The van der Waals surface area contributed by atoms with E-state index in [-0.39, 0.29) is 17.7 Å². The van der Waals surface area contributed by atoms with E-state index in [1.54, 1.807) is 0 Å².